The molecule has 3 rings (SSSR count). The minimum absolute atomic E-state index is 0. The molecule has 0 saturated carbocycles. The van der Waals surface area contributed by atoms with E-state index in [1.54, 1.807) is 0 Å². The van der Waals surface area contributed by atoms with E-state index in [9.17, 15) is 29.7 Å². The standard InChI is InChI=1S/3C7H7NO2S2.Sb/c3*9-7(10)8-12-11-6-4-2-1-3-5-6;/h3*1-5,8H,(H,9,10);/q;;;+3/p-3. The summed E-state index contributed by atoms with van der Waals surface area (Å²) in [5.74, 6) is 0. The summed E-state index contributed by atoms with van der Waals surface area (Å²) in [6.45, 7) is 0. The summed E-state index contributed by atoms with van der Waals surface area (Å²) in [5.41, 5.74) is 0. The second-order valence-corrected chi connectivity index (χ2v) is 11.6. The molecule has 0 atom stereocenters. The monoisotopic (exact) mass is 721 g/mol. The van der Waals surface area contributed by atoms with Crippen LogP contribution >= 0.6 is 65.3 Å². The molecule has 0 aromatic heterocycles. The molecule has 2 radical (unpaired) electrons. The zero-order valence-electron chi connectivity index (χ0n) is 18.5. The van der Waals surface area contributed by atoms with E-state index in [0.717, 1.165) is 47.6 Å². The number of hydrogen-bond acceptors (Lipinski definition) is 12. The van der Waals surface area contributed by atoms with Crippen molar-refractivity contribution in [3.63, 3.8) is 0 Å². The van der Waals surface area contributed by atoms with E-state index in [1.807, 2.05) is 91.0 Å². The summed E-state index contributed by atoms with van der Waals surface area (Å²) in [7, 11) is 7.06. The van der Waals surface area contributed by atoms with E-state index in [-0.39, 0.29) is 24.4 Å². The predicted octanol–water partition coefficient (Wildman–Crippen LogP) is 3.44. The molecule has 3 aromatic rings. The van der Waals surface area contributed by atoms with Gasteiger partial charge < -0.3 is 43.9 Å². The second-order valence-electron chi connectivity index (χ2n) is 5.61. The maximum absolute atomic E-state index is 9.93. The Morgan fingerprint density at radius 2 is 0.676 bits per heavy atom. The first-order valence-electron chi connectivity index (χ1n) is 9.43. The van der Waals surface area contributed by atoms with Crippen molar-refractivity contribution in [1.29, 1.82) is 0 Å². The van der Waals surface area contributed by atoms with E-state index in [2.05, 4.69) is 14.2 Å². The second kappa shape index (κ2) is 23.5. The van der Waals surface area contributed by atoms with Crippen LogP contribution in [0.3, 0.4) is 0 Å². The summed E-state index contributed by atoms with van der Waals surface area (Å²) in [6, 6.07) is 28.4. The van der Waals surface area contributed by atoms with Gasteiger partial charge in [0.1, 0.15) is 18.3 Å². The fourth-order valence-electron chi connectivity index (χ4n) is 1.74. The van der Waals surface area contributed by atoms with Crippen molar-refractivity contribution in [3.05, 3.63) is 91.0 Å². The maximum atomic E-state index is 9.93. The van der Waals surface area contributed by atoms with Crippen LogP contribution in [-0.4, -0.2) is 42.7 Å². The average molecular weight is 723 g/mol. The van der Waals surface area contributed by atoms with Gasteiger partial charge in [-0.3, -0.25) is 0 Å². The SMILES string of the molecule is O=C([O-])NSSc1ccccc1.O=C([O-])NSSc1ccccc1.O=C([O-])NSSc1ccccc1.[Sb+3]. The van der Waals surface area contributed by atoms with E-state index in [4.69, 9.17) is 0 Å². The molecular formula is C21H18N3O6S6Sb. The molecule has 194 valence electrons. The van der Waals surface area contributed by atoms with E-state index in [1.165, 1.54) is 32.4 Å². The maximum Gasteiger partial charge on any atom is 3.00 e. The fraction of sp³-hybridized carbons (Fsp3) is 0. The molecule has 3 amide bonds. The van der Waals surface area contributed by atoms with Crippen LogP contribution in [0, 0.1) is 0 Å². The third kappa shape index (κ3) is 22.1. The smallest absolute Gasteiger partial charge is 0.529 e. The Labute approximate surface area is 255 Å². The molecule has 0 bridgehead atoms. The van der Waals surface area contributed by atoms with Crippen LogP contribution in [0.5, 0.6) is 0 Å². The zero-order valence-corrected chi connectivity index (χ0v) is 26.0. The van der Waals surface area contributed by atoms with Gasteiger partial charge in [0.2, 0.25) is 0 Å². The average Bonchev–Trinajstić information content (AvgIpc) is 2.86. The van der Waals surface area contributed by atoms with Gasteiger partial charge in [0, 0.05) is 47.6 Å². The Morgan fingerprint density at radius 1 is 0.459 bits per heavy atom. The summed E-state index contributed by atoms with van der Waals surface area (Å²) in [4.78, 5) is 32.8. The molecule has 16 heteroatoms. The Kier molecular flexibility index (Phi) is 22.5. The molecule has 3 aromatic carbocycles. The molecule has 0 aliphatic heterocycles. The van der Waals surface area contributed by atoms with E-state index >= 15 is 0 Å². The van der Waals surface area contributed by atoms with Gasteiger partial charge in [0.25, 0.3) is 0 Å². The molecule has 37 heavy (non-hydrogen) atoms. The Balaban J connectivity index is 0.000000518. The molecular weight excluding hydrogens is 704 g/mol. The first-order valence-corrected chi connectivity index (χ1v) is 15.9. The number of amides is 3. The number of carbonyl (C=O) groups excluding carboxylic acids is 3. The largest absolute Gasteiger partial charge is 3.00 e. The molecule has 0 aliphatic rings. The van der Waals surface area contributed by atoms with Gasteiger partial charge in [-0.15, -0.1) is 0 Å². The van der Waals surface area contributed by atoms with Crippen LogP contribution < -0.4 is 29.5 Å². The van der Waals surface area contributed by atoms with Crippen LogP contribution in [0.4, 0.5) is 14.4 Å². The van der Waals surface area contributed by atoms with Crippen molar-refractivity contribution in [2.24, 2.45) is 0 Å². The first kappa shape index (κ1) is 35.4. The molecule has 0 aliphatic carbocycles. The van der Waals surface area contributed by atoms with Gasteiger partial charge in [0.15, 0.2) is 0 Å². The van der Waals surface area contributed by atoms with Crippen molar-refractivity contribution < 1.29 is 29.7 Å². The van der Waals surface area contributed by atoms with Crippen molar-refractivity contribution in [2.75, 3.05) is 0 Å². The number of hydrogen-bond donors (Lipinski definition) is 3. The number of carboxylic acid groups (broad SMARTS) is 3. The minimum atomic E-state index is -1.27. The third-order valence-electron chi connectivity index (χ3n) is 3.02. The van der Waals surface area contributed by atoms with Gasteiger partial charge >= 0.3 is 24.4 Å². The van der Waals surface area contributed by atoms with Crippen LogP contribution in [-0.2, 0) is 0 Å². The summed E-state index contributed by atoms with van der Waals surface area (Å²) in [6.07, 6.45) is -3.82. The van der Waals surface area contributed by atoms with Crippen molar-refractivity contribution in [2.45, 2.75) is 14.7 Å². The van der Waals surface area contributed by atoms with Gasteiger partial charge in [0.05, 0.1) is 0 Å². The van der Waals surface area contributed by atoms with E-state index < -0.39 is 18.3 Å². The Bertz CT molecular complexity index is 897. The number of carbonyl (C=O) groups is 3. The first-order chi connectivity index (χ1) is 17.4. The normalized spacial score (nSPS) is 9.08. The Morgan fingerprint density at radius 3 is 0.865 bits per heavy atom. The minimum Gasteiger partial charge on any atom is -0.529 e. The van der Waals surface area contributed by atoms with Gasteiger partial charge in [-0.25, -0.2) is 0 Å². The number of rotatable bonds is 9. The molecule has 0 heterocycles. The fourth-order valence-corrected chi connectivity index (χ4v) is 6.01. The number of nitrogens with one attached hydrogen (secondary N) is 3. The summed E-state index contributed by atoms with van der Waals surface area (Å²) in [5, 5.41) is 29.8. The molecule has 0 unspecified atom stereocenters. The van der Waals surface area contributed by atoms with Crippen molar-refractivity contribution >= 4 is 108 Å². The van der Waals surface area contributed by atoms with Crippen LogP contribution in [0.25, 0.3) is 0 Å². The van der Waals surface area contributed by atoms with Crippen LogP contribution in [0.15, 0.2) is 106 Å². The summed E-state index contributed by atoms with van der Waals surface area (Å²) < 4.78 is 6.24. The van der Waals surface area contributed by atoms with Gasteiger partial charge in [-0.1, -0.05) is 54.6 Å². The van der Waals surface area contributed by atoms with Crippen molar-refractivity contribution in [3.8, 4) is 0 Å². The van der Waals surface area contributed by atoms with Gasteiger partial charge in [-0.05, 0) is 68.8 Å². The molecule has 0 fully saturated rings. The zero-order chi connectivity index (χ0) is 26.4. The quantitative estimate of drug-likeness (QED) is 0.168. The number of benzene rings is 3. The van der Waals surface area contributed by atoms with Crippen LogP contribution in [0.1, 0.15) is 0 Å². The molecule has 3 N–H and O–H groups in total. The van der Waals surface area contributed by atoms with Gasteiger partial charge in [-0.2, -0.15) is 0 Å². The van der Waals surface area contributed by atoms with E-state index in [0.29, 0.717) is 0 Å². The summed E-state index contributed by atoms with van der Waals surface area (Å²) >= 11 is 0. The third-order valence-corrected chi connectivity index (χ3v) is 8.64. The molecule has 9 nitrogen and oxygen atoms in total. The topological polar surface area (TPSA) is 156 Å². The van der Waals surface area contributed by atoms with Crippen molar-refractivity contribution in [1.82, 2.24) is 14.2 Å². The molecule has 0 saturated heterocycles. The van der Waals surface area contributed by atoms with Crippen LogP contribution in [0.2, 0.25) is 0 Å². The molecule has 0 spiro atoms. The Hall–Kier alpha value is -1.61. The predicted molar refractivity (Wildman–Crippen MR) is 151 cm³/mol.